The van der Waals surface area contributed by atoms with Gasteiger partial charge in [0, 0.05) is 10.6 Å². The molecule has 1 unspecified atom stereocenters. The van der Waals surface area contributed by atoms with Crippen molar-refractivity contribution in [3.05, 3.63) is 41.5 Å². The monoisotopic (exact) mass is 433 g/mol. The van der Waals surface area contributed by atoms with Gasteiger partial charge in [0.2, 0.25) is 5.75 Å². The van der Waals surface area contributed by atoms with Gasteiger partial charge >= 0.3 is 0 Å². The van der Waals surface area contributed by atoms with Crippen molar-refractivity contribution in [2.45, 2.75) is 23.5 Å². The molecular weight excluding hydrogens is 402 g/mol. The molecule has 0 N–H and O–H groups in total. The largest absolute Gasteiger partial charge is 0.497 e. The fraction of sp³-hybridized carbons (Fsp3) is 0.478. The Morgan fingerprint density at radius 1 is 0.933 bits per heavy atom. The third-order valence-electron chi connectivity index (χ3n) is 5.65. The predicted octanol–water partition coefficient (Wildman–Crippen LogP) is 4.19. The average molecular weight is 434 g/mol. The smallest absolute Gasteiger partial charge is 0.203 e. The van der Waals surface area contributed by atoms with Gasteiger partial charge in [-0.25, -0.2) is 0 Å². The van der Waals surface area contributed by atoms with E-state index in [-0.39, 0.29) is 5.54 Å². The average Bonchev–Trinajstić information content (AvgIpc) is 2.77. The summed E-state index contributed by atoms with van der Waals surface area (Å²) < 4.78 is 28.1. The van der Waals surface area contributed by atoms with E-state index in [0.717, 1.165) is 23.5 Å². The van der Waals surface area contributed by atoms with Crippen LogP contribution in [-0.4, -0.2) is 59.8 Å². The molecule has 0 radical (unpaired) electrons. The van der Waals surface area contributed by atoms with E-state index in [1.54, 1.807) is 28.4 Å². The number of ether oxygens (including phenoxy) is 5. The molecule has 0 fully saturated rings. The van der Waals surface area contributed by atoms with Gasteiger partial charge in [-0.1, -0.05) is 0 Å². The van der Waals surface area contributed by atoms with E-state index in [1.165, 1.54) is 10.5 Å². The van der Waals surface area contributed by atoms with Gasteiger partial charge in [0.05, 0.1) is 47.2 Å². The molecule has 0 saturated carbocycles. The first-order valence-electron chi connectivity index (χ1n) is 9.84. The van der Waals surface area contributed by atoms with Crippen molar-refractivity contribution in [1.29, 1.82) is 0 Å². The molecule has 1 atom stereocenters. The van der Waals surface area contributed by atoms with Gasteiger partial charge < -0.3 is 23.7 Å². The predicted molar refractivity (Wildman–Crippen MR) is 119 cm³/mol. The van der Waals surface area contributed by atoms with Gasteiger partial charge in [-0.15, -0.1) is 11.8 Å². The molecule has 0 bridgehead atoms. The molecule has 1 heterocycles. The number of thioether (sulfide) groups is 1. The standard InChI is InChI=1S/C23H31NO5S/c1-24(2)23(9-10-30-21-8-7-17(25-3)13-18(21)23)15-29-14-16-11-19(26-4)22(28-6)20(12-16)27-5/h7-8,11-13H,9-10,14-15H2,1-6H3. The van der Waals surface area contributed by atoms with Gasteiger partial charge in [0.1, 0.15) is 5.75 Å². The molecule has 1 aliphatic heterocycles. The van der Waals surface area contributed by atoms with Crippen LogP contribution in [0.3, 0.4) is 0 Å². The summed E-state index contributed by atoms with van der Waals surface area (Å²) in [5.41, 5.74) is 2.01. The van der Waals surface area contributed by atoms with Crippen LogP contribution in [-0.2, 0) is 16.9 Å². The fourth-order valence-corrected chi connectivity index (χ4v) is 5.12. The number of hydrogen-bond donors (Lipinski definition) is 0. The van der Waals surface area contributed by atoms with Crippen LogP contribution in [0.5, 0.6) is 23.0 Å². The van der Waals surface area contributed by atoms with Crippen molar-refractivity contribution in [3.8, 4) is 23.0 Å². The zero-order valence-corrected chi connectivity index (χ0v) is 19.4. The zero-order chi connectivity index (χ0) is 21.7. The highest BCUT2D eigenvalue weighted by atomic mass is 32.2. The van der Waals surface area contributed by atoms with Crippen molar-refractivity contribution >= 4 is 11.8 Å². The summed E-state index contributed by atoms with van der Waals surface area (Å²) in [4.78, 5) is 3.55. The van der Waals surface area contributed by atoms with Gasteiger partial charge in [0.25, 0.3) is 0 Å². The fourth-order valence-electron chi connectivity index (χ4n) is 3.89. The van der Waals surface area contributed by atoms with Crippen LogP contribution < -0.4 is 18.9 Å². The van der Waals surface area contributed by atoms with Crippen molar-refractivity contribution in [1.82, 2.24) is 4.90 Å². The lowest BCUT2D eigenvalue weighted by Gasteiger charge is -2.44. The number of fused-ring (bicyclic) bond motifs is 1. The summed E-state index contributed by atoms with van der Waals surface area (Å²) in [7, 11) is 10.8. The minimum Gasteiger partial charge on any atom is -0.497 e. The Hall–Kier alpha value is -2.09. The molecule has 0 saturated heterocycles. The maximum Gasteiger partial charge on any atom is 0.203 e. The highest BCUT2D eigenvalue weighted by molar-refractivity contribution is 7.99. The van der Waals surface area contributed by atoms with Gasteiger partial charge in [0.15, 0.2) is 11.5 Å². The van der Waals surface area contributed by atoms with Gasteiger partial charge in [-0.05, 0) is 62.0 Å². The van der Waals surface area contributed by atoms with Crippen LogP contribution in [0.1, 0.15) is 17.5 Å². The topological polar surface area (TPSA) is 49.4 Å². The van der Waals surface area contributed by atoms with Crippen molar-refractivity contribution in [2.24, 2.45) is 0 Å². The Morgan fingerprint density at radius 3 is 2.20 bits per heavy atom. The summed E-state index contributed by atoms with van der Waals surface area (Å²) in [6.45, 7) is 1.01. The zero-order valence-electron chi connectivity index (χ0n) is 18.6. The molecule has 30 heavy (non-hydrogen) atoms. The van der Waals surface area contributed by atoms with Gasteiger partial charge in [-0.2, -0.15) is 0 Å². The number of benzene rings is 2. The molecule has 0 spiro atoms. The van der Waals surface area contributed by atoms with Crippen LogP contribution in [0.4, 0.5) is 0 Å². The first kappa shape index (κ1) is 22.6. The van der Waals surface area contributed by atoms with E-state index < -0.39 is 0 Å². The Morgan fingerprint density at radius 2 is 1.63 bits per heavy atom. The van der Waals surface area contributed by atoms with E-state index in [4.69, 9.17) is 23.7 Å². The number of nitrogens with zero attached hydrogens (tertiary/aromatic N) is 1. The molecule has 1 aliphatic rings. The summed E-state index contributed by atoms with van der Waals surface area (Å²) in [6.07, 6.45) is 1.00. The van der Waals surface area contributed by atoms with Crippen LogP contribution in [0.15, 0.2) is 35.2 Å². The van der Waals surface area contributed by atoms with E-state index >= 15 is 0 Å². The van der Waals surface area contributed by atoms with E-state index in [0.29, 0.717) is 30.5 Å². The SMILES string of the molecule is COc1ccc2c(c1)C(COCc1cc(OC)c(OC)c(OC)c1)(N(C)C)CCS2. The van der Waals surface area contributed by atoms with E-state index in [1.807, 2.05) is 30.0 Å². The van der Waals surface area contributed by atoms with Crippen molar-refractivity contribution < 1.29 is 23.7 Å². The minimum atomic E-state index is -0.213. The molecule has 6 nitrogen and oxygen atoms in total. The third kappa shape index (κ3) is 4.33. The number of rotatable bonds is 9. The number of likely N-dealkylation sites (N-methyl/N-ethyl adjacent to an activating group) is 1. The first-order valence-corrected chi connectivity index (χ1v) is 10.8. The van der Waals surface area contributed by atoms with E-state index in [9.17, 15) is 0 Å². The van der Waals surface area contributed by atoms with Gasteiger partial charge in [-0.3, -0.25) is 4.90 Å². The highest BCUT2D eigenvalue weighted by Gasteiger charge is 2.39. The van der Waals surface area contributed by atoms with Crippen LogP contribution in [0.25, 0.3) is 0 Å². The normalized spacial score (nSPS) is 18.1. The summed E-state index contributed by atoms with van der Waals surface area (Å²) in [6, 6.07) is 10.2. The maximum atomic E-state index is 6.28. The second-order valence-electron chi connectivity index (χ2n) is 7.41. The molecule has 0 aliphatic carbocycles. The molecule has 3 rings (SSSR count). The third-order valence-corrected chi connectivity index (χ3v) is 6.73. The molecule has 2 aromatic carbocycles. The molecule has 0 aromatic heterocycles. The Kier molecular flexibility index (Phi) is 7.39. The second-order valence-corrected chi connectivity index (χ2v) is 8.55. The number of methoxy groups -OCH3 is 4. The van der Waals surface area contributed by atoms with Crippen LogP contribution >= 0.6 is 11.8 Å². The lowest BCUT2D eigenvalue weighted by Crippen LogP contribution is -2.47. The van der Waals surface area contributed by atoms with E-state index in [2.05, 4.69) is 31.1 Å². The molecule has 164 valence electrons. The Labute approximate surface area is 183 Å². The summed E-state index contributed by atoms with van der Waals surface area (Å²) in [5.74, 6) is 3.75. The summed E-state index contributed by atoms with van der Waals surface area (Å²) in [5, 5.41) is 0. The van der Waals surface area contributed by atoms with Crippen LogP contribution in [0, 0.1) is 0 Å². The Bertz CT molecular complexity index is 848. The lowest BCUT2D eigenvalue weighted by atomic mass is 9.86. The minimum absolute atomic E-state index is 0.213. The molecule has 2 aromatic rings. The van der Waals surface area contributed by atoms with Crippen molar-refractivity contribution in [3.63, 3.8) is 0 Å². The highest BCUT2D eigenvalue weighted by Crippen LogP contribution is 2.45. The first-order chi connectivity index (χ1) is 14.5. The summed E-state index contributed by atoms with van der Waals surface area (Å²) >= 11 is 1.89. The lowest BCUT2D eigenvalue weighted by molar-refractivity contribution is 0.0000692. The Balaban J connectivity index is 1.84. The molecule has 0 amide bonds. The maximum absolute atomic E-state index is 6.28. The second kappa shape index (κ2) is 9.81. The number of hydrogen-bond acceptors (Lipinski definition) is 7. The van der Waals surface area contributed by atoms with Crippen molar-refractivity contribution in [2.75, 3.05) is 54.9 Å². The molecular formula is C23H31NO5S. The van der Waals surface area contributed by atoms with Crippen LogP contribution in [0.2, 0.25) is 0 Å². The molecule has 7 heteroatoms. The quantitative estimate of drug-likeness (QED) is 0.588.